The van der Waals surface area contributed by atoms with Crippen molar-refractivity contribution in [1.29, 1.82) is 0 Å². The maximum Gasteiger partial charge on any atom is 0.230 e. The van der Waals surface area contributed by atoms with Crippen LogP contribution in [0.3, 0.4) is 0 Å². The minimum Gasteiger partial charge on any atom is -0.353 e. The number of carbonyl (C=O) groups excluding carboxylic acids is 1. The average Bonchev–Trinajstić information content (AvgIpc) is 3.19. The molecule has 1 aliphatic carbocycles. The predicted octanol–water partition coefficient (Wildman–Crippen LogP) is 2.32. The molecule has 0 aromatic carbocycles. The maximum absolute atomic E-state index is 12.0. The van der Waals surface area contributed by atoms with Crippen molar-refractivity contribution in [3.05, 3.63) is 22.4 Å². The third kappa shape index (κ3) is 4.30. The van der Waals surface area contributed by atoms with Crippen LogP contribution < -0.4 is 5.32 Å². The third-order valence-corrected chi connectivity index (χ3v) is 5.51. The number of hydrogen-bond acceptors (Lipinski definition) is 6. The van der Waals surface area contributed by atoms with E-state index in [-0.39, 0.29) is 5.91 Å². The SMILES string of the molecule is O=C(CSc1nnnn1Cc1cccs1)NC1CCCCC1. The van der Waals surface area contributed by atoms with Crippen LogP contribution in [0, 0.1) is 0 Å². The molecule has 0 saturated heterocycles. The van der Waals surface area contributed by atoms with E-state index in [1.807, 2.05) is 11.4 Å². The second-order valence-corrected chi connectivity index (χ2v) is 7.36. The van der Waals surface area contributed by atoms with Crippen LogP contribution in [0.15, 0.2) is 22.7 Å². The van der Waals surface area contributed by atoms with Crippen molar-refractivity contribution in [3.63, 3.8) is 0 Å². The zero-order chi connectivity index (χ0) is 15.2. The molecule has 0 spiro atoms. The van der Waals surface area contributed by atoms with Gasteiger partial charge in [-0.25, -0.2) is 4.68 Å². The van der Waals surface area contributed by atoms with Gasteiger partial charge in [-0.05, 0) is 34.7 Å². The van der Waals surface area contributed by atoms with Crippen LogP contribution >= 0.6 is 23.1 Å². The van der Waals surface area contributed by atoms with Gasteiger partial charge in [-0.1, -0.05) is 37.1 Å². The molecule has 2 aromatic rings. The molecule has 0 bridgehead atoms. The van der Waals surface area contributed by atoms with E-state index in [4.69, 9.17) is 0 Å². The lowest BCUT2D eigenvalue weighted by molar-refractivity contribution is -0.119. The standard InChI is InChI=1S/C14H19N5OS2/c20-13(15-11-5-2-1-3-6-11)10-22-14-16-17-18-19(14)9-12-7-4-8-21-12/h4,7-8,11H,1-3,5-6,9-10H2,(H,15,20). The summed E-state index contributed by atoms with van der Waals surface area (Å²) >= 11 is 3.06. The van der Waals surface area contributed by atoms with Gasteiger partial charge >= 0.3 is 0 Å². The molecule has 8 heteroatoms. The number of nitrogens with zero attached hydrogens (tertiary/aromatic N) is 4. The van der Waals surface area contributed by atoms with Crippen molar-refractivity contribution in [2.45, 2.75) is 49.8 Å². The first-order valence-electron chi connectivity index (χ1n) is 7.52. The van der Waals surface area contributed by atoms with Crippen molar-refractivity contribution in [2.75, 3.05) is 5.75 Å². The summed E-state index contributed by atoms with van der Waals surface area (Å²) in [6.45, 7) is 0.650. The fourth-order valence-electron chi connectivity index (χ4n) is 2.60. The van der Waals surface area contributed by atoms with Gasteiger partial charge in [0.1, 0.15) is 0 Å². The fraction of sp³-hybridized carbons (Fsp3) is 0.571. The summed E-state index contributed by atoms with van der Waals surface area (Å²) in [4.78, 5) is 13.2. The topological polar surface area (TPSA) is 72.7 Å². The van der Waals surface area contributed by atoms with Gasteiger partial charge in [-0.15, -0.1) is 16.4 Å². The summed E-state index contributed by atoms with van der Waals surface area (Å²) in [5, 5.41) is 17.5. The number of hydrogen-bond donors (Lipinski definition) is 1. The van der Waals surface area contributed by atoms with Crippen molar-refractivity contribution in [2.24, 2.45) is 0 Å². The summed E-state index contributed by atoms with van der Waals surface area (Å²) in [7, 11) is 0. The highest BCUT2D eigenvalue weighted by Crippen LogP contribution is 2.19. The molecule has 1 N–H and O–H groups in total. The molecule has 0 unspecified atom stereocenters. The van der Waals surface area contributed by atoms with Gasteiger partial charge in [0.25, 0.3) is 0 Å². The molecule has 1 amide bonds. The second kappa shape index (κ2) is 7.73. The van der Waals surface area contributed by atoms with Crippen LogP contribution in [0.1, 0.15) is 37.0 Å². The smallest absolute Gasteiger partial charge is 0.230 e. The van der Waals surface area contributed by atoms with E-state index in [0.29, 0.717) is 23.5 Å². The number of aromatic nitrogens is 4. The summed E-state index contributed by atoms with van der Waals surface area (Å²) in [6, 6.07) is 4.41. The molecule has 6 nitrogen and oxygen atoms in total. The van der Waals surface area contributed by atoms with E-state index in [1.54, 1.807) is 16.0 Å². The summed E-state index contributed by atoms with van der Waals surface area (Å²) in [6.07, 6.45) is 5.94. The van der Waals surface area contributed by atoms with E-state index in [1.165, 1.54) is 35.9 Å². The highest BCUT2D eigenvalue weighted by Gasteiger charge is 2.16. The normalized spacial score (nSPS) is 15.8. The van der Waals surface area contributed by atoms with Crippen LogP contribution in [0.25, 0.3) is 0 Å². The highest BCUT2D eigenvalue weighted by molar-refractivity contribution is 7.99. The van der Waals surface area contributed by atoms with E-state index in [2.05, 4.69) is 26.9 Å². The van der Waals surface area contributed by atoms with E-state index in [0.717, 1.165) is 12.8 Å². The Labute approximate surface area is 137 Å². The number of thiophene rings is 1. The predicted molar refractivity (Wildman–Crippen MR) is 87.0 cm³/mol. The molecule has 3 rings (SSSR count). The number of rotatable bonds is 6. The van der Waals surface area contributed by atoms with Gasteiger partial charge in [-0.3, -0.25) is 4.79 Å². The largest absolute Gasteiger partial charge is 0.353 e. The zero-order valence-corrected chi connectivity index (χ0v) is 13.9. The van der Waals surface area contributed by atoms with Crippen molar-refractivity contribution >= 4 is 29.0 Å². The minimum absolute atomic E-state index is 0.0718. The molecule has 1 aliphatic rings. The molecule has 22 heavy (non-hydrogen) atoms. The summed E-state index contributed by atoms with van der Waals surface area (Å²) in [5.41, 5.74) is 0. The lowest BCUT2D eigenvalue weighted by Gasteiger charge is -2.22. The molecule has 1 saturated carbocycles. The third-order valence-electron chi connectivity index (χ3n) is 3.69. The summed E-state index contributed by atoms with van der Waals surface area (Å²) < 4.78 is 1.74. The second-order valence-electron chi connectivity index (χ2n) is 5.39. The lowest BCUT2D eigenvalue weighted by Crippen LogP contribution is -2.37. The van der Waals surface area contributed by atoms with Crippen molar-refractivity contribution in [1.82, 2.24) is 25.5 Å². The number of tetrazole rings is 1. The first-order chi connectivity index (χ1) is 10.8. The quantitative estimate of drug-likeness (QED) is 0.819. The molecule has 0 aliphatic heterocycles. The van der Waals surface area contributed by atoms with Crippen molar-refractivity contribution in [3.8, 4) is 0 Å². The highest BCUT2D eigenvalue weighted by atomic mass is 32.2. The van der Waals surface area contributed by atoms with Gasteiger partial charge in [0.2, 0.25) is 11.1 Å². The molecule has 0 radical (unpaired) electrons. The van der Waals surface area contributed by atoms with E-state index in [9.17, 15) is 4.79 Å². The zero-order valence-electron chi connectivity index (χ0n) is 12.3. The Morgan fingerprint density at radius 3 is 3.05 bits per heavy atom. The molecular weight excluding hydrogens is 318 g/mol. The van der Waals surface area contributed by atoms with Crippen LogP contribution in [-0.4, -0.2) is 37.9 Å². The number of amides is 1. The Hall–Kier alpha value is -1.41. The lowest BCUT2D eigenvalue weighted by atomic mass is 9.95. The van der Waals surface area contributed by atoms with Gasteiger partial charge in [-0.2, -0.15) is 0 Å². The number of nitrogens with one attached hydrogen (secondary N) is 1. The Kier molecular flexibility index (Phi) is 5.44. The Bertz CT molecular complexity index is 592. The van der Waals surface area contributed by atoms with Gasteiger partial charge in [0.05, 0.1) is 12.3 Å². The number of carbonyl (C=O) groups is 1. The summed E-state index contributed by atoms with van der Waals surface area (Å²) in [5.74, 6) is 0.434. The number of thioether (sulfide) groups is 1. The molecular formula is C14H19N5OS2. The Morgan fingerprint density at radius 2 is 2.27 bits per heavy atom. The van der Waals surface area contributed by atoms with Gasteiger partial charge < -0.3 is 5.32 Å². The van der Waals surface area contributed by atoms with Crippen molar-refractivity contribution < 1.29 is 4.79 Å². The molecule has 1 fully saturated rings. The van der Waals surface area contributed by atoms with Crippen LogP contribution in [0.2, 0.25) is 0 Å². The van der Waals surface area contributed by atoms with Crippen LogP contribution in [0.4, 0.5) is 0 Å². The van der Waals surface area contributed by atoms with Crippen LogP contribution in [-0.2, 0) is 11.3 Å². The Balaban J connectivity index is 1.49. The molecule has 2 aromatic heterocycles. The molecule has 2 heterocycles. The Morgan fingerprint density at radius 1 is 1.41 bits per heavy atom. The average molecular weight is 337 g/mol. The van der Waals surface area contributed by atoms with Gasteiger partial charge in [0.15, 0.2) is 0 Å². The maximum atomic E-state index is 12.0. The van der Waals surface area contributed by atoms with E-state index >= 15 is 0 Å². The van der Waals surface area contributed by atoms with Crippen LogP contribution in [0.5, 0.6) is 0 Å². The molecule has 118 valence electrons. The van der Waals surface area contributed by atoms with Gasteiger partial charge in [0, 0.05) is 10.9 Å². The van der Waals surface area contributed by atoms with E-state index < -0.39 is 0 Å². The monoisotopic (exact) mass is 337 g/mol. The minimum atomic E-state index is 0.0718. The fourth-order valence-corrected chi connectivity index (χ4v) is 3.97. The first kappa shape index (κ1) is 15.5. The molecule has 0 atom stereocenters. The first-order valence-corrected chi connectivity index (χ1v) is 9.38.